The number of benzene rings is 2. The van der Waals surface area contributed by atoms with Crippen molar-refractivity contribution in [1.29, 1.82) is 0 Å². The third-order valence-electron chi connectivity index (χ3n) is 4.51. The van der Waals surface area contributed by atoms with E-state index in [1.165, 1.54) is 6.33 Å². The van der Waals surface area contributed by atoms with Crippen molar-refractivity contribution in [3.8, 4) is 17.4 Å². The summed E-state index contributed by atoms with van der Waals surface area (Å²) < 4.78 is 11.1. The van der Waals surface area contributed by atoms with Crippen molar-refractivity contribution >= 4 is 23.4 Å². The van der Waals surface area contributed by atoms with E-state index in [4.69, 9.17) is 9.47 Å². The summed E-state index contributed by atoms with van der Waals surface area (Å²) in [6.45, 7) is 1.98. The van der Waals surface area contributed by atoms with Crippen LogP contribution >= 0.6 is 11.8 Å². The molecule has 4 rings (SSSR count). The van der Waals surface area contributed by atoms with E-state index >= 15 is 0 Å². The van der Waals surface area contributed by atoms with Crippen LogP contribution in [0.25, 0.3) is 0 Å². The number of aryl methyl sites for hydroxylation is 1. The molecule has 2 heterocycles. The van der Waals surface area contributed by atoms with Gasteiger partial charge in [0.25, 0.3) is 5.91 Å². The summed E-state index contributed by atoms with van der Waals surface area (Å²) in [5.74, 6) is 2.12. The van der Waals surface area contributed by atoms with Gasteiger partial charge in [0, 0.05) is 17.4 Å². The average molecular weight is 448 g/mol. The van der Waals surface area contributed by atoms with Gasteiger partial charge in [0.15, 0.2) is 16.7 Å². The van der Waals surface area contributed by atoms with Crippen LogP contribution < -0.4 is 14.8 Å². The van der Waals surface area contributed by atoms with Crippen LogP contribution in [0.2, 0.25) is 0 Å². The van der Waals surface area contributed by atoms with Crippen LogP contribution in [0.15, 0.2) is 72.3 Å². The lowest BCUT2D eigenvalue weighted by molar-refractivity contribution is 0.102. The molecule has 1 amide bonds. The molecule has 0 aliphatic rings. The number of nitrogens with zero attached hydrogens (tertiary/aromatic N) is 3. The molecule has 0 radical (unpaired) electrons. The van der Waals surface area contributed by atoms with Gasteiger partial charge in [0.2, 0.25) is 5.88 Å². The second-order valence-electron chi connectivity index (χ2n) is 6.87. The molecule has 0 saturated heterocycles. The molecule has 0 fully saturated rings. The molecule has 32 heavy (non-hydrogen) atoms. The molecular formula is C23H21N5O3S. The average Bonchev–Trinajstić information content (AvgIpc) is 3.34. The van der Waals surface area contributed by atoms with E-state index in [1.807, 2.05) is 37.3 Å². The van der Waals surface area contributed by atoms with Crippen LogP contribution in [0.4, 0.5) is 5.69 Å². The molecule has 9 heteroatoms. The molecule has 0 bridgehead atoms. The number of nitrogens with one attached hydrogen (secondary N) is 2. The topological polar surface area (TPSA) is 102 Å². The maximum Gasteiger partial charge on any atom is 0.255 e. The molecule has 0 aliphatic heterocycles. The number of carbonyl (C=O) groups excluding carboxylic acids is 1. The smallest absolute Gasteiger partial charge is 0.255 e. The van der Waals surface area contributed by atoms with Crippen molar-refractivity contribution in [3.63, 3.8) is 0 Å². The number of aromatic amines is 1. The number of aromatic nitrogens is 4. The molecule has 0 atom stereocenters. The third-order valence-corrected chi connectivity index (χ3v) is 5.46. The Morgan fingerprint density at radius 2 is 1.91 bits per heavy atom. The summed E-state index contributed by atoms with van der Waals surface area (Å²) in [5.41, 5.74) is 3.28. The minimum atomic E-state index is -0.213. The Kier molecular flexibility index (Phi) is 6.66. The maximum atomic E-state index is 12.5. The van der Waals surface area contributed by atoms with Gasteiger partial charge < -0.3 is 14.8 Å². The molecule has 2 N–H and O–H groups in total. The highest BCUT2D eigenvalue weighted by Crippen LogP contribution is 2.31. The van der Waals surface area contributed by atoms with E-state index in [-0.39, 0.29) is 5.91 Å². The Bertz CT molecular complexity index is 1180. The highest BCUT2D eigenvalue weighted by Gasteiger charge is 2.09. The lowest BCUT2D eigenvalue weighted by atomic mass is 10.1. The van der Waals surface area contributed by atoms with Gasteiger partial charge in [-0.05, 0) is 48.4 Å². The number of hydrogen-bond acceptors (Lipinski definition) is 7. The molecule has 2 aromatic heterocycles. The summed E-state index contributed by atoms with van der Waals surface area (Å²) in [6.07, 6.45) is 3.03. The normalized spacial score (nSPS) is 10.6. The SMILES string of the molecule is COc1cc(C)ccc1Oc1ccc(NC(=O)c2ccc(CSc3ncn[nH]3)cc2)cn1. The molecule has 162 valence electrons. The highest BCUT2D eigenvalue weighted by molar-refractivity contribution is 7.98. The van der Waals surface area contributed by atoms with Crippen LogP contribution in [-0.4, -0.2) is 33.2 Å². The van der Waals surface area contributed by atoms with Crippen molar-refractivity contribution in [3.05, 3.63) is 83.8 Å². The Morgan fingerprint density at radius 3 is 2.59 bits per heavy atom. The van der Waals surface area contributed by atoms with Crippen molar-refractivity contribution in [2.75, 3.05) is 12.4 Å². The summed E-state index contributed by atoms with van der Waals surface area (Å²) in [7, 11) is 1.59. The number of methoxy groups -OCH3 is 1. The Balaban J connectivity index is 1.34. The molecule has 0 saturated carbocycles. The Hall–Kier alpha value is -3.85. The zero-order chi connectivity index (χ0) is 22.3. The number of pyridine rings is 1. The summed E-state index contributed by atoms with van der Waals surface area (Å²) in [4.78, 5) is 20.9. The zero-order valence-corrected chi connectivity index (χ0v) is 18.3. The number of H-pyrrole nitrogens is 1. The van der Waals surface area contributed by atoms with E-state index in [9.17, 15) is 4.79 Å². The van der Waals surface area contributed by atoms with Crippen molar-refractivity contribution in [2.24, 2.45) is 0 Å². The first-order chi connectivity index (χ1) is 15.6. The van der Waals surface area contributed by atoms with Crippen LogP contribution in [-0.2, 0) is 5.75 Å². The first kappa shape index (κ1) is 21.4. The lowest BCUT2D eigenvalue weighted by Crippen LogP contribution is -2.12. The molecule has 4 aromatic rings. The number of rotatable bonds is 8. The van der Waals surface area contributed by atoms with Gasteiger partial charge >= 0.3 is 0 Å². The lowest BCUT2D eigenvalue weighted by Gasteiger charge is -2.11. The third kappa shape index (κ3) is 5.44. The van der Waals surface area contributed by atoms with E-state index in [0.29, 0.717) is 28.6 Å². The molecule has 0 aliphatic carbocycles. The predicted molar refractivity (Wildman–Crippen MR) is 122 cm³/mol. The van der Waals surface area contributed by atoms with Crippen LogP contribution in [0.5, 0.6) is 17.4 Å². The van der Waals surface area contributed by atoms with Gasteiger partial charge in [-0.15, -0.1) is 0 Å². The number of amides is 1. The maximum absolute atomic E-state index is 12.5. The quantitative estimate of drug-likeness (QED) is 0.372. The summed E-state index contributed by atoms with van der Waals surface area (Å²) >= 11 is 1.54. The van der Waals surface area contributed by atoms with Gasteiger partial charge in [-0.2, -0.15) is 5.10 Å². The molecule has 0 unspecified atom stereocenters. The number of hydrogen-bond donors (Lipinski definition) is 2. The predicted octanol–water partition coefficient (Wildman–Crippen LogP) is 4.85. The first-order valence-corrected chi connectivity index (χ1v) is 10.8. The highest BCUT2D eigenvalue weighted by atomic mass is 32.2. The van der Waals surface area contributed by atoms with E-state index in [2.05, 4.69) is 25.5 Å². The van der Waals surface area contributed by atoms with E-state index in [0.717, 1.165) is 22.0 Å². The monoisotopic (exact) mass is 447 g/mol. The largest absolute Gasteiger partial charge is 0.493 e. The Labute approximate surface area is 189 Å². The standard InChI is InChI=1S/C23H21N5O3S/c1-15-3-9-19(20(11-15)30-2)31-21-10-8-18(12-24-21)27-22(29)17-6-4-16(5-7-17)13-32-23-25-14-26-28-23/h3-12,14H,13H2,1-2H3,(H,27,29)(H,25,26,28). The first-order valence-electron chi connectivity index (χ1n) is 9.78. The summed E-state index contributed by atoms with van der Waals surface area (Å²) in [5, 5.41) is 10.2. The fraction of sp³-hybridized carbons (Fsp3) is 0.130. The van der Waals surface area contributed by atoms with Crippen LogP contribution in [0, 0.1) is 6.92 Å². The number of thioether (sulfide) groups is 1. The van der Waals surface area contributed by atoms with Gasteiger partial charge in [0.1, 0.15) is 6.33 Å². The second-order valence-corrected chi connectivity index (χ2v) is 7.84. The molecule has 0 spiro atoms. The molecule has 8 nitrogen and oxygen atoms in total. The minimum absolute atomic E-state index is 0.213. The zero-order valence-electron chi connectivity index (χ0n) is 17.5. The van der Waals surface area contributed by atoms with Gasteiger partial charge in [-0.1, -0.05) is 30.0 Å². The van der Waals surface area contributed by atoms with E-state index < -0.39 is 0 Å². The number of ether oxygens (including phenoxy) is 2. The summed E-state index contributed by atoms with van der Waals surface area (Å²) in [6, 6.07) is 16.5. The fourth-order valence-electron chi connectivity index (χ4n) is 2.86. The van der Waals surface area contributed by atoms with E-state index in [1.54, 1.807) is 49.3 Å². The van der Waals surface area contributed by atoms with Gasteiger partial charge in [0.05, 0.1) is 19.0 Å². The minimum Gasteiger partial charge on any atom is -0.493 e. The number of carbonyl (C=O) groups is 1. The molecule has 2 aromatic carbocycles. The number of anilines is 1. The van der Waals surface area contributed by atoms with Crippen molar-refractivity contribution < 1.29 is 14.3 Å². The van der Waals surface area contributed by atoms with Crippen LogP contribution in [0.1, 0.15) is 21.5 Å². The second kappa shape index (κ2) is 9.97. The van der Waals surface area contributed by atoms with Gasteiger partial charge in [-0.25, -0.2) is 9.97 Å². The van der Waals surface area contributed by atoms with Crippen molar-refractivity contribution in [1.82, 2.24) is 20.2 Å². The van der Waals surface area contributed by atoms with Gasteiger partial charge in [-0.3, -0.25) is 9.89 Å². The van der Waals surface area contributed by atoms with Crippen molar-refractivity contribution in [2.45, 2.75) is 17.8 Å². The Morgan fingerprint density at radius 1 is 1.06 bits per heavy atom. The fourth-order valence-corrected chi connectivity index (χ4v) is 3.59. The molecular weight excluding hydrogens is 426 g/mol. The van der Waals surface area contributed by atoms with Crippen LogP contribution in [0.3, 0.4) is 0 Å².